The van der Waals surface area contributed by atoms with Crippen molar-refractivity contribution in [3.8, 4) is 0 Å². The van der Waals surface area contributed by atoms with Crippen molar-refractivity contribution in [2.75, 3.05) is 24.2 Å². The van der Waals surface area contributed by atoms with Crippen molar-refractivity contribution in [1.82, 2.24) is 0 Å². The van der Waals surface area contributed by atoms with Crippen molar-refractivity contribution in [3.05, 3.63) is 23.8 Å². The van der Waals surface area contributed by atoms with Gasteiger partial charge in [-0.2, -0.15) is 0 Å². The van der Waals surface area contributed by atoms with E-state index >= 15 is 0 Å². The minimum absolute atomic E-state index is 0.314. The maximum Gasteiger partial charge on any atom is 0.340 e. The summed E-state index contributed by atoms with van der Waals surface area (Å²) in [4.78, 5) is 12.0. The minimum Gasteiger partial charge on any atom is -0.462 e. The summed E-state index contributed by atoms with van der Waals surface area (Å²) in [6, 6.07) is 5.36. The summed E-state index contributed by atoms with van der Waals surface area (Å²) in [5.74, 6) is 0.391. The van der Waals surface area contributed by atoms with Crippen LogP contribution in [0.1, 0.15) is 49.4 Å². The predicted molar refractivity (Wildman–Crippen MR) is 81.9 cm³/mol. The van der Waals surface area contributed by atoms with E-state index < -0.39 is 0 Å². The van der Waals surface area contributed by atoms with Gasteiger partial charge in [0.25, 0.3) is 0 Å². The van der Waals surface area contributed by atoms with Crippen LogP contribution in [0.25, 0.3) is 0 Å². The monoisotopic (exact) mass is 276 g/mol. The molecule has 1 aliphatic carbocycles. The van der Waals surface area contributed by atoms with Gasteiger partial charge in [0.05, 0.1) is 12.2 Å². The standard InChI is InChI=1S/C16H24N2O2/c1-2-20-16(19)14-10-13(17)8-9-15(14)18-11-12-6-4-3-5-7-12/h8-10,12,18H,2-7,11,17H2,1H3. The van der Waals surface area contributed by atoms with Gasteiger partial charge in [-0.05, 0) is 43.9 Å². The van der Waals surface area contributed by atoms with Crippen molar-refractivity contribution < 1.29 is 9.53 Å². The first kappa shape index (κ1) is 14.7. The van der Waals surface area contributed by atoms with Gasteiger partial charge in [0, 0.05) is 17.9 Å². The fourth-order valence-electron chi connectivity index (χ4n) is 2.74. The van der Waals surface area contributed by atoms with E-state index in [0.717, 1.165) is 12.2 Å². The van der Waals surface area contributed by atoms with E-state index in [4.69, 9.17) is 10.5 Å². The van der Waals surface area contributed by atoms with Crippen molar-refractivity contribution in [3.63, 3.8) is 0 Å². The maximum atomic E-state index is 12.0. The number of ether oxygens (including phenoxy) is 1. The summed E-state index contributed by atoms with van der Waals surface area (Å²) in [5.41, 5.74) is 7.70. The summed E-state index contributed by atoms with van der Waals surface area (Å²) >= 11 is 0. The zero-order valence-electron chi connectivity index (χ0n) is 12.2. The number of nitrogens with one attached hydrogen (secondary N) is 1. The number of hydrogen-bond donors (Lipinski definition) is 2. The highest BCUT2D eigenvalue weighted by molar-refractivity contribution is 5.96. The maximum absolute atomic E-state index is 12.0. The molecule has 4 heteroatoms. The molecule has 4 nitrogen and oxygen atoms in total. The Balaban J connectivity index is 2.03. The SMILES string of the molecule is CCOC(=O)c1cc(N)ccc1NCC1CCCCC1. The van der Waals surface area contributed by atoms with E-state index in [1.54, 1.807) is 13.0 Å². The Morgan fingerprint density at radius 3 is 2.80 bits per heavy atom. The molecule has 20 heavy (non-hydrogen) atoms. The van der Waals surface area contributed by atoms with Crippen LogP contribution in [0.15, 0.2) is 18.2 Å². The molecular weight excluding hydrogens is 252 g/mol. The zero-order chi connectivity index (χ0) is 14.4. The third-order valence-corrected chi connectivity index (χ3v) is 3.84. The molecule has 0 aliphatic heterocycles. The summed E-state index contributed by atoms with van der Waals surface area (Å²) in [6.45, 7) is 3.09. The molecule has 0 spiro atoms. The number of rotatable bonds is 5. The molecule has 110 valence electrons. The molecule has 1 fully saturated rings. The Bertz CT molecular complexity index is 454. The van der Waals surface area contributed by atoms with E-state index in [1.807, 2.05) is 12.1 Å². The van der Waals surface area contributed by atoms with Gasteiger partial charge in [0.15, 0.2) is 0 Å². The third-order valence-electron chi connectivity index (χ3n) is 3.84. The average molecular weight is 276 g/mol. The van der Waals surface area contributed by atoms with Gasteiger partial charge in [0.2, 0.25) is 0 Å². The number of carbonyl (C=O) groups is 1. The van der Waals surface area contributed by atoms with E-state index in [2.05, 4.69) is 5.32 Å². The Morgan fingerprint density at radius 2 is 2.10 bits per heavy atom. The van der Waals surface area contributed by atoms with Gasteiger partial charge in [-0.25, -0.2) is 4.79 Å². The predicted octanol–water partition coefficient (Wildman–Crippen LogP) is 3.44. The topological polar surface area (TPSA) is 64.3 Å². The molecule has 1 aromatic carbocycles. The van der Waals surface area contributed by atoms with Gasteiger partial charge in [-0.3, -0.25) is 0 Å². The van der Waals surface area contributed by atoms with Crippen LogP contribution in [-0.2, 0) is 4.74 Å². The van der Waals surface area contributed by atoms with Gasteiger partial charge < -0.3 is 15.8 Å². The van der Waals surface area contributed by atoms with Crippen LogP contribution in [-0.4, -0.2) is 19.1 Å². The summed E-state index contributed by atoms with van der Waals surface area (Å²) in [5, 5.41) is 3.39. The molecule has 0 heterocycles. The van der Waals surface area contributed by atoms with Gasteiger partial charge >= 0.3 is 5.97 Å². The second-order valence-corrected chi connectivity index (χ2v) is 5.41. The first-order chi connectivity index (χ1) is 9.70. The fourth-order valence-corrected chi connectivity index (χ4v) is 2.74. The lowest BCUT2D eigenvalue weighted by Crippen LogP contribution is -2.19. The van der Waals surface area contributed by atoms with Crippen LogP contribution in [0.5, 0.6) is 0 Å². The molecule has 0 unspecified atom stereocenters. The van der Waals surface area contributed by atoms with Gasteiger partial charge in [-0.1, -0.05) is 19.3 Å². The van der Waals surface area contributed by atoms with Crippen LogP contribution in [0.2, 0.25) is 0 Å². The Hall–Kier alpha value is -1.71. The molecule has 2 rings (SSSR count). The number of nitrogens with two attached hydrogens (primary N) is 1. The molecule has 1 aliphatic rings. The molecule has 0 amide bonds. The molecule has 3 N–H and O–H groups in total. The van der Waals surface area contributed by atoms with E-state index in [9.17, 15) is 4.79 Å². The van der Waals surface area contributed by atoms with Crippen LogP contribution in [0.3, 0.4) is 0 Å². The van der Waals surface area contributed by atoms with Crippen LogP contribution in [0.4, 0.5) is 11.4 Å². The molecule has 1 saturated carbocycles. The molecule has 0 saturated heterocycles. The van der Waals surface area contributed by atoms with Crippen LogP contribution in [0, 0.1) is 5.92 Å². The Morgan fingerprint density at radius 1 is 1.35 bits per heavy atom. The highest BCUT2D eigenvalue weighted by Crippen LogP contribution is 2.25. The smallest absolute Gasteiger partial charge is 0.340 e. The highest BCUT2D eigenvalue weighted by atomic mass is 16.5. The lowest BCUT2D eigenvalue weighted by Gasteiger charge is -2.23. The van der Waals surface area contributed by atoms with E-state index in [-0.39, 0.29) is 5.97 Å². The first-order valence-electron chi connectivity index (χ1n) is 7.51. The zero-order valence-corrected chi connectivity index (χ0v) is 12.2. The normalized spacial score (nSPS) is 15.8. The van der Waals surface area contributed by atoms with E-state index in [1.165, 1.54) is 32.1 Å². The van der Waals surface area contributed by atoms with Crippen LogP contribution < -0.4 is 11.1 Å². The Labute approximate surface area is 120 Å². The number of anilines is 2. The number of carbonyl (C=O) groups excluding carboxylic acids is 1. The van der Waals surface area contributed by atoms with E-state index in [0.29, 0.717) is 23.8 Å². The van der Waals surface area contributed by atoms with Crippen LogP contribution >= 0.6 is 0 Å². The number of nitrogen functional groups attached to an aromatic ring is 1. The highest BCUT2D eigenvalue weighted by Gasteiger charge is 2.16. The number of esters is 1. The van der Waals surface area contributed by atoms with Crippen molar-refractivity contribution in [1.29, 1.82) is 0 Å². The molecule has 0 bridgehead atoms. The molecule has 0 aromatic heterocycles. The average Bonchev–Trinajstić information content (AvgIpc) is 2.47. The molecule has 0 atom stereocenters. The second-order valence-electron chi connectivity index (χ2n) is 5.41. The Kier molecular flexibility index (Phi) is 5.27. The lowest BCUT2D eigenvalue weighted by molar-refractivity contribution is 0.0527. The van der Waals surface area contributed by atoms with Crippen molar-refractivity contribution in [2.45, 2.75) is 39.0 Å². The molecule has 1 aromatic rings. The van der Waals surface area contributed by atoms with Gasteiger partial charge in [0.1, 0.15) is 0 Å². The number of hydrogen-bond acceptors (Lipinski definition) is 4. The molecular formula is C16H24N2O2. The third kappa shape index (κ3) is 3.89. The fraction of sp³-hybridized carbons (Fsp3) is 0.562. The van der Waals surface area contributed by atoms with Gasteiger partial charge in [-0.15, -0.1) is 0 Å². The molecule has 0 radical (unpaired) electrons. The number of benzene rings is 1. The summed E-state index contributed by atoms with van der Waals surface area (Å²) in [6.07, 6.45) is 6.54. The summed E-state index contributed by atoms with van der Waals surface area (Å²) in [7, 11) is 0. The minimum atomic E-state index is -0.314. The lowest BCUT2D eigenvalue weighted by atomic mass is 9.89. The van der Waals surface area contributed by atoms with Crippen molar-refractivity contribution >= 4 is 17.3 Å². The quantitative estimate of drug-likeness (QED) is 0.638. The summed E-state index contributed by atoms with van der Waals surface area (Å²) < 4.78 is 5.08. The first-order valence-corrected chi connectivity index (χ1v) is 7.51. The largest absolute Gasteiger partial charge is 0.462 e. The second kappa shape index (κ2) is 7.17. The van der Waals surface area contributed by atoms with Crippen molar-refractivity contribution in [2.24, 2.45) is 5.92 Å².